The quantitative estimate of drug-likeness (QED) is 0.836. The lowest BCUT2D eigenvalue weighted by Gasteiger charge is -2.26. The summed E-state index contributed by atoms with van der Waals surface area (Å²) in [4.78, 5) is 29.6. The van der Waals surface area contributed by atoms with Crippen LogP contribution in [0.15, 0.2) is 23.6 Å². The fourth-order valence-corrected chi connectivity index (χ4v) is 3.84. The van der Waals surface area contributed by atoms with Gasteiger partial charge in [0, 0.05) is 29.9 Å². The smallest absolute Gasteiger partial charge is 0.319 e. The van der Waals surface area contributed by atoms with Crippen molar-refractivity contribution < 1.29 is 14.3 Å². The zero-order chi connectivity index (χ0) is 17.8. The number of fused-ring (bicyclic) bond motifs is 1. The number of likely N-dealkylation sites (N-methyl/N-ethyl adjacent to an activating group) is 1. The monoisotopic (exact) mass is 378 g/mol. The van der Waals surface area contributed by atoms with Crippen molar-refractivity contribution in [3.63, 3.8) is 0 Å². The molecular formula is C16H18N4O3S2. The highest BCUT2D eigenvalue weighted by molar-refractivity contribution is 7.97. The van der Waals surface area contributed by atoms with Gasteiger partial charge in [-0.05, 0) is 18.4 Å². The number of benzene rings is 1. The predicted molar refractivity (Wildman–Crippen MR) is 101 cm³/mol. The molecule has 132 valence electrons. The molecule has 2 N–H and O–H groups in total. The van der Waals surface area contributed by atoms with Crippen molar-refractivity contribution in [2.75, 3.05) is 30.1 Å². The number of nitrogens with zero attached hydrogens (tertiary/aromatic N) is 2. The third kappa shape index (κ3) is 4.23. The van der Waals surface area contributed by atoms with Crippen LogP contribution in [0.4, 0.5) is 16.2 Å². The van der Waals surface area contributed by atoms with Crippen LogP contribution >= 0.6 is 23.1 Å². The normalized spacial score (nSPS) is 13.2. The topological polar surface area (TPSA) is 83.6 Å². The second kappa shape index (κ2) is 7.75. The molecule has 0 saturated carbocycles. The largest absolute Gasteiger partial charge is 0.481 e. The second-order valence-corrected chi connectivity index (χ2v) is 7.21. The summed E-state index contributed by atoms with van der Waals surface area (Å²) in [6, 6.07) is 4.87. The van der Waals surface area contributed by atoms with E-state index in [2.05, 4.69) is 15.6 Å². The van der Waals surface area contributed by atoms with Crippen LogP contribution < -0.4 is 20.3 Å². The summed E-state index contributed by atoms with van der Waals surface area (Å²) in [7, 11) is 1.70. The average molecular weight is 378 g/mol. The molecule has 1 aliphatic rings. The number of hydrogen-bond donors (Lipinski definition) is 2. The Labute approximate surface area is 153 Å². The van der Waals surface area contributed by atoms with Crippen LogP contribution in [-0.2, 0) is 17.1 Å². The fraction of sp³-hybridized carbons (Fsp3) is 0.312. The zero-order valence-electron chi connectivity index (χ0n) is 13.9. The molecule has 2 aromatic rings. The minimum Gasteiger partial charge on any atom is -0.481 e. The molecule has 0 radical (unpaired) electrons. The Kier molecular flexibility index (Phi) is 5.44. The highest BCUT2D eigenvalue weighted by Crippen LogP contribution is 2.33. The molecule has 3 rings (SSSR count). The maximum Gasteiger partial charge on any atom is 0.319 e. The lowest BCUT2D eigenvalue weighted by Crippen LogP contribution is -2.35. The maximum atomic E-state index is 12.0. The predicted octanol–water partition coefficient (Wildman–Crippen LogP) is 2.68. The molecule has 25 heavy (non-hydrogen) atoms. The molecule has 1 aromatic heterocycles. The number of rotatable bonds is 5. The van der Waals surface area contributed by atoms with Crippen LogP contribution in [-0.4, -0.2) is 36.8 Å². The van der Waals surface area contributed by atoms with Gasteiger partial charge >= 0.3 is 6.03 Å². The Morgan fingerprint density at radius 1 is 1.48 bits per heavy atom. The second-order valence-electron chi connectivity index (χ2n) is 5.40. The molecule has 0 spiro atoms. The van der Waals surface area contributed by atoms with Gasteiger partial charge in [0.05, 0.1) is 17.9 Å². The molecule has 0 saturated heterocycles. The Bertz CT molecular complexity index is 793. The van der Waals surface area contributed by atoms with Gasteiger partial charge in [-0.2, -0.15) is 11.8 Å². The van der Waals surface area contributed by atoms with E-state index in [-0.39, 0.29) is 18.5 Å². The first kappa shape index (κ1) is 17.6. The maximum absolute atomic E-state index is 12.0. The zero-order valence-corrected chi connectivity index (χ0v) is 15.5. The standard InChI is InChI=1S/C16H18N4O3S2/c1-20-12-4-3-10(5-13(12)23-7-15(20)21)19-16(22)17-6-11-8-25-14(18-11)9-24-2/h3-5,8H,6-7,9H2,1-2H3,(H2,17,19,22). The molecule has 3 amide bonds. The van der Waals surface area contributed by atoms with E-state index in [0.29, 0.717) is 23.7 Å². The summed E-state index contributed by atoms with van der Waals surface area (Å²) >= 11 is 3.31. The molecular weight excluding hydrogens is 360 g/mol. The number of thiazole rings is 1. The van der Waals surface area contributed by atoms with Gasteiger partial charge in [-0.3, -0.25) is 4.79 Å². The van der Waals surface area contributed by atoms with Gasteiger partial charge in [-0.1, -0.05) is 0 Å². The first-order valence-electron chi connectivity index (χ1n) is 7.57. The number of nitrogens with one attached hydrogen (secondary N) is 2. The minimum atomic E-state index is -0.320. The third-order valence-electron chi connectivity index (χ3n) is 3.60. The van der Waals surface area contributed by atoms with Gasteiger partial charge in [0.2, 0.25) is 0 Å². The molecule has 1 aromatic carbocycles. The van der Waals surface area contributed by atoms with E-state index in [0.717, 1.165) is 16.5 Å². The molecule has 0 aliphatic carbocycles. The van der Waals surface area contributed by atoms with Gasteiger partial charge in [-0.25, -0.2) is 9.78 Å². The van der Waals surface area contributed by atoms with E-state index in [9.17, 15) is 9.59 Å². The van der Waals surface area contributed by atoms with Gasteiger partial charge < -0.3 is 20.3 Å². The summed E-state index contributed by atoms with van der Waals surface area (Å²) in [5, 5.41) is 8.54. The number of carbonyl (C=O) groups is 2. The number of amides is 3. The van der Waals surface area contributed by atoms with E-state index in [1.54, 1.807) is 48.3 Å². The van der Waals surface area contributed by atoms with Crippen molar-refractivity contribution >= 4 is 46.4 Å². The molecule has 7 nitrogen and oxygen atoms in total. The van der Waals surface area contributed by atoms with E-state index in [4.69, 9.17) is 4.74 Å². The van der Waals surface area contributed by atoms with Crippen molar-refractivity contribution in [2.24, 2.45) is 0 Å². The lowest BCUT2D eigenvalue weighted by molar-refractivity contribution is -0.120. The summed E-state index contributed by atoms with van der Waals surface area (Å²) in [6.07, 6.45) is 2.03. The van der Waals surface area contributed by atoms with Crippen LogP contribution in [0, 0.1) is 0 Å². The Morgan fingerprint density at radius 3 is 3.12 bits per heavy atom. The number of urea groups is 1. The SMILES string of the molecule is CSCc1nc(CNC(=O)Nc2ccc3c(c2)OCC(=O)N3C)cs1. The summed E-state index contributed by atoms with van der Waals surface area (Å²) < 4.78 is 5.41. The summed E-state index contributed by atoms with van der Waals surface area (Å²) in [6.45, 7) is 0.372. The molecule has 9 heteroatoms. The number of anilines is 2. The number of carbonyl (C=O) groups excluding carboxylic acids is 2. The van der Waals surface area contributed by atoms with Crippen molar-refractivity contribution in [3.8, 4) is 5.75 Å². The van der Waals surface area contributed by atoms with Gasteiger partial charge in [0.15, 0.2) is 6.61 Å². The highest BCUT2D eigenvalue weighted by atomic mass is 32.2. The summed E-state index contributed by atoms with van der Waals surface area (Å²) in [5.74, 6) is 1.35. The molecule has 2 heterocycles. The summed E-state index contributed by atoms with van der Waals surface area (Å²) in [5.41, 5.74) is 2.13. The van der Waals surface area contributed by atoms with E-state index in [1.165, 1.54) is 4.90 Å². The van der Waals surface area contributed by atoms with Crippen LogP contribution in [0.25, 0.3) is 0 Å². The molecule has 0 fully saturated rings. The molecule has 1 aliphatic heterocycles. The fourth-order valence-electron chi connectivity index (χ4n) is 2.32. The molecule has 0 atom stereocenters. The number of aromatic nitrogens is 1. The first-order valence-corrected chi connectivity index (χ1v) is 9.84. The van der Waals surface area contributed by atoms with Crippen LogP contribution in [0.2, 0.25) is 0 Å². The number of thioether (sulfide) groups is 1. The minimum absolute atomic E-state index is 0.00134. The Balaban J connectivity index is 1.57. The van der Waals surface area contributed by atoms with Crippen molar-refractivity contribution in [1.82, 2.24) is 10.3 Å². The third-order valence-corrected chi connectivity index (χ3v) is 5.24. The Morgan fingerprint density at radius 2 is 2.32 bits per heavy atom. The average Bonchev–Trinajstić information content (AvgIpc) is 3.04. The van der Waals surface area contributed by atoms with Crippen LogP contribution in [0.3, 0.4) is 0 Å². The van der Waals surface area contributed by atoms with Gasteiger partial charge in [0.25, 0.3) is 5.91 Å². The Hall–Kier alpha value is -2.26. The van der Waals surface area contributed by atoms with Crippen LogP contribution in [0.1, 0.15) is 10.7 Å². The lowest BCUT2D eigenvalue weighted by atomic mass is 10.2. The van der Waals surface area contributed by atoms with Crippen LogP contribution in [0.5, 0.6) is 5.75 Å². The van der Waals surface area contributed by atoms with Gasteiger partial charge in [-0.15, -0.1) is 11.3 Å². The number of ether oxygens (including phenoxy) is 1. The molecule has 0 bridgehead atoms. The van der Waals surface area contributed by atoms with E-state index < -0.39 is 0 Å². The van der Waals surface area contributed by atoms with Crippen molar-refractivity contribution in [3.05, 3.63) is 34.3 Å². The first-order chi connectivity index (χ1) is 12.1. The highest BCUT2D eigenvalue weighted by Gasteiger charge is 2.22. The number of hydrogen-bond acceptors (Lipinski definition) is 6. The van der Waals surface area contributed by atoms with E-state index >= 15 is 0 Å². The van der Waals surface area contributed by atoms with E-state index in [1.807, 2.05) is 11.6 Å². The van der Waals surface area contributed by atoms with Crippen molar-refractivity contribution in [1.29, 1.82) is 0 Å². The molecule has 0 unspecified atom stereocenters. The van der Waals surface area contributed by atoms with Gasteiger partial charge in [0.1, 0.15) is 10.8 Å². The van der Waals surface area contributed by atoms with Crippen molar-refractivity contribution in [2.45, 2.75) is 12.3 Å².